The normalized spacial score (nSPS) is 11.3. The zero-order chi connectivity index (χ0) is 21.3. The molecule has 3 aromatic carbocycles. The molecule has 4 rings (SSSR count). The topological polar surface area (TPSA) is 52.7 Å². The van der Waals surface area contributed by atoms with E-state index < -0.39 is 0 Å². The molecule has 4 aromatic rings. The zero-order valence-electron chi connectivity index (χ0n) is 17.6. The van der Waals surface area contributed by atoms with Crippen LogP contribution in [-0.2, 0) is 7.05 Å². The van der Waals surface area contributed by atoms with Gasteiger partial charge in [0.1, 0.15) is 0 Å². The predicted molar refractivity (Wildman–Crippen MR) is 122 cm³/mol. The lowest BCUT2D eigenvalue weighted by atomic mass is 9.96. The van der Waals surface area contributed by atoms with Crippen LogP contribution in [0.4, 0.5) is 0 Å². The van der Waals surface area contributed by atoms with Crippen molar-refractivity contribution in [3.05, 3.63) is 99.0 Å². The van der Waals surface area contributed by atoms with E-state index in [1.54, 1.807) is 7.05 Å². The molecule has 0 amide bonds. The molecule has 1 aromatic heterocycles. The Kier molecular flexibility index (Phi) is 5.19. The Balaban J connectivity index is 1.72. The van der Waals surface area contributed by atoms with Crippen LogP contribution in [-0.4, -0.2) is 19.8 Å². The van der Waals surface area contributed by atoms with Crippen molar-refractivity contribution in [3.8, 4) is 16.8 Å². The van der Waals surface area contributed by atoms with Crippen molar-refractivity contribution in [2.75, 3.05) is 0 Å². The van der Waals surface area contributed by atoms with Crippen molar-refractivity contribution in [3.63, 3.8) is 0 Å². The van der Waals surface area contributed by atoms with Gasteiger partial charge in [0.2, 0.25) is 0 Å². The third kappa shape index (κ3) is 3.62. The van der Waals surface area contributed by atoms with E-state index in [1.165, 1.54) is 31.6 Å². The summed E-state index contributed by atoms with van der Waals surface area (Å²) in [4.78, 5) is 12.3. The van der Waals surface area contributed by atoms with Gasteiger partial charge in [0.05, 0.1) is 5.69 Å². The molecule has 5 nitrogen and oxygen atoms in total. The van der Waals surface area contributed by atoms with Crippen LogP contribution in [0.3, 0.4) is 0 Å². The third-order valence-electron chi connectivity index (χ3n) is 5.41. The second-order valence-electron chi connectivity index (χ2n) is 7.52. The van der Waals surface area contributed by atoms with E-state index in [2.05, 4.69) is 72.8 Å². The van der Waals surface area contributed by atoms with Crippen molar-refractivity contribution in [1.82, 2.24) is 19.8 Å². The molecule has 0 atom stereocenters. The molecule has 30 heavy (non-hydrogen) atoms. The molecule has 0 saturated carbocycles. The maximum Gasteiger partial charge on any atom is 0.368 e. The summed E-state index contributed by atoms with van der Waals surface area (Å²) < 4.78 is 2.56. The number of aryl methyl sites for hydroxylation is 4. The Morgan fingerprint density at radius 1 is 0.800 bits per heavy atom. The van der Waals surface area contributed by atoms with Crippen LogP contribution in [0.15, 0.2) is 65.5 Å². The molecule has 150 valence electrons. The van der Waals surface area contributed by atoms with Crippen LogP contribution < -0.4 is 5.69 Å². The van der Waals surface area contributed by atoms with Crippen LogP contribution in [0.25, 0.3) is 29.0 Å². The van der Waals surface area contributed by atoms with Gasteiger partial charge in [0.25, 0.3) is 0 Å². The molecule has 0 aliphatic rings. The minimum atomic E-state index is -0.269. The minimum absolute atomic E-state index is 0.269. The number of tetrazole rings is 1. The highest BCUT2D eigenvalue weighted by Gasteiger charge is 2.11. The van der Waals surface area contributed by atoms with Gasteiger partial charge in [-0.25, -0.2) is 4.79 Å². The highest BCUT2D eigenvalue weighted by atomic mass is 16.2. The second kappa shape index (κ2) is 7.95. The fourth-order valence-electron chi connectivity index (χ4n) is 3.63. The maximum atomic E-state index is 12.3. The third-order valence-corrected chi connectivity index (χ3v) is 5.41. The van der Waals surface area contributed by atoms with Gasteiger partial charge in [-0.15, -0.1) is 0 Å². The van der Waals surface area contributed by atoms with Gasteiger partial charge < -0.3 is 0 Å². The van der Waals surface area contributed by atoms with E-state index in [0.717, 1.165) is 22.4 Å². The van der Waals surface area contributed by atoms with Crippen molar-refractivity contribution >= 4 is 12.2 Å². The van der Waals surface area contributed by atoms with Crippen molar-refractivity contribution in [2.45, 2.75) is 20.8 Å². The molecular formula is C25H24N4O. The van der Waals surface area contributed by atoms with Gasteiger partial charge in [0.15, 0.2) is 0 Å². The van der Waals surface area contributed by atoms with E-state index in [-0.39, 0.29) is 5.69 Å². The molecule has 0 N–H and O–H groups in total. The summed E-state index contributed by atoms with van der Waals surface area (Å²) in [6.45, 7) is 6.28. The summed E-state index contributed by atoms with van der Waals surface area (Å²) in [7, 11) is 1.59. The average Bonchev–Trinajstić information content (AvgIpc) is 3.06. The molecule has 0 fully saturated rings. The predicted octanol–water partition coefficient (Wildman–Crippen LogP) is 4.73. The first kappa shape index (κ1) is 19.6. The van der Waals surface area contributed by atoms with Crippen LogP contribution in [0.1, 0.15) is 27.8 Å². The van der Waals surface area contributed by atoms with Gasteiger partial charge in [-0.05, 0) is 70.6 Å². The SMILES string of the molecule is Cc1cc(-c2ccccc2C)ccc1/C=C/c1c(C)cccc1-n1nnn(C)c1=O. The van der Waals surface area contributed by atoms with E-state index >= 15 is 0 Å². The van der Waals surface area contributed by atoms with E-state index in [0.29, 0.717) is 0 Å². The monoisotopic (exact) mass is 396 g/mol. The molecular weight excluding hydrogens is 372 g/mol. The largest absolute Gasteiger partial charge is 0.368 e. The summed E-state index contributed by atoms with van der Waals surface area (Å²) in [5.41, 5.74) is 8.52. The summed E-state index contributed by atoms with van der Waals surface area (Å²) in [6.07, 6.45) is 4.13. The molecule has 5 heteroatoms. The molecule has 0 aliphatic heterocycles. The summed E-state index contributed by atoms with van der Waals surface area (Å²) in [6, 6.07) is 20.8. The number of aromatic nitrogens is 4. The summed E-state index contributed by atoms with van der Waals surface area (Å²) >= 11 is 0. The Morgan fingerprint density at radius 2 is 1.57 bits per heavy atom. The quantitative estimate of drug-likeness (QED) is 0.469. The molecule has 0 unspecified atom stereocenters. The first-order valence-electron chi connectivity index (χ1n) is 9.89. The Morgan fingerprint density at radius 3 is 2.27 bits per heavy atom. The van der Waals surface area contributed by atoms with Gasteiger partial charge in [-0.1, -0.05) is 66.7 Å². The molecule has 0 spiro atoms. The molecule has 0 bridgehead atoms. The molecule has 1 heterocycles. The Labute approximate surface area is 175 Å². The number of nitrogens with zero attached hydrogens (tertiary/aromatic N) is 4. The summed E-state index contributed by atoms with van der Waals surface area (Å²) in [5.74, 6) is 0. The van der Waals surface area contributed by atoms with Crippen LogP contribution in [0, 0.1) is 20.8 Å². The zero-order valence-corrected chi connectivity index (χ0v) is 17.6. The fraction of sp³-hybridized carbons (Fsp3) is 0.160. The van der Waals surface area contributed by atoms with Gasteiger partial charge >= 0.3 is 5.69 Å². The molecule has 0 saturated heterocycles. The van der Waals surface area contributed by atoms with E-state index in [4.69, 9.17) is 0 Å². The van der Waals surface area contributed by atoms with Gasteiger partial charge in [-0.3, -0.25) is 0 Å². The highest BCUT2D eigenvalue weighted by Crippen LogP contribution is 2.27. The van der Waals surface area contributed by atoms with E-state index in [9.17, 15) is 4.79 Å². The average molecular weight is 396 g/mol. The van der Waals surface area contributed by atoms with Crippen LogP contribution in [0.5, 0.6) is 0 Å². The smallest absolute Gasteiger partial charge is 0.244 e. The number of benzene rings is 3. The van der Waals surface area contributed by atoms with Gasteiger partial charge in [-0.2, -0.15) is 9.36 Å². The lowest BCUT2D eigenvalue weighted by Crippen LogP contribution is -2.22. The maximum absolute atomic E-state index is 12.3. The van der Waals surface area contributed by atoms with Gasteiger partial charge in [0, 0.05) is 12.6 Å². The molecule has 0 radical (unpaired) electrons. The van der Waals surface area contributed by atoms with Crippen LogP contribution in [0.2, 0.25) is 0 Å². The first-order valence-corrected chi connectivity index (χ1v) is 9.89. The van der Waals surface area contributed by atoms with Crippen molar-refractivity contribution in [1.29, 1.82) is 0 Å². The number of hydrogen-bond acceptors (Lipinski definition) is 3. The Bertz CT molecular complexity index is 1310. The lowest BCUT2D eigenvalue weighted by molar-refractivity contribution is 0.693. The van der Waals surface area contributed by atoms with Crippen molar-refractivity contribution < 1.29 is 0 Å². The standard InChI is InChI=1S/C25H24N4O/c1-17-8-5-6-10-22(17)21-13-12-20(19(3)16-21)14-15-23-18(2)9-7-11-24(23)29-25(30)28(4)26-27-29/h5-16H,1-4H3/b15-14+. The highest BCUT2D eigenvalue weighted by molar-refractivity contribution is 5.78. The lowest BCUT2D eigenvalue weighted by Gasteiger charge is -2.10. The summed E-state index contributed by atoms with van der Waals surface area (Å²) in [5, 5.41) is 7.83. The second-order valence-corrected chi connectivity index (χ2v) is 7.52. The van der Waals surface area contributed by atoms with Crippen molar-refractivity contribution in [2.24, 2.45) is 7.05 Å². The fourth-order valence-corrected chi connectivity index (χ4v) is 3.63. The number of rotatable bonds is 4. The molecule has 0 aliphatic carbocycles. The first-order chi connectivity index (χ1) is 14.5. The van der Waals surface area contributed by atoms with E-state index in [1.807, 2.05) is 31.2 Å². The van der Waals surface area contributed by atoms with Crippen LogP contribution >= 0.6 is 0 Å². The Hall–Kier alpha value is -3.73. The minimum Gasteiger partial charge on any atom is -0.244 e. The number of hydrogen-bond donors (Lipinski definition) is 0.